The monoisotopic (exact) mass is 217 g/mol. The van der Waals surface area contributed by atoms with Crippen molar-refractivity contribution in [1.29, 1.82) is 0 Å². The molecule has 1 aromatic carbocycles. The zero-order valence-corrected chi connectivity index (χ0v) is 9.83. The first-order valence-corrected chi connectivity index (χ1v) is 6.14. The van der Waals surface area contributed by atoms with E-state index in [0.29, 0.717) is 5.92 Å². The summed E-state index contributed by atoms with van der Waals surface area (Å²) < 4.78 is 0. The van der Waals surface area contributed by atoms with E-state index in [4.69, 9.17) is 0 Å². The van der Waals surface area contributed by atoms with Crippen molar-refractivity contribution in [2.24, 2.45) is 0 Å². The van der Waals surface area contributed by atoms with Gasteiger partial charge in [0.25, 0.3) is 0 Å². The fourth-order valence-corrected chi connectivity index (χ4v) is 2.54. The Morgan fingerprint density at radius 1 is 1.38 bits per heavy atom. The van der Waals surface area contributed by atoms with Gasteiger partial charge in [0, 0.05) is 5.56 Å². The maximum Gasteiger partial charge on any atom is 0.150 e. The summed E-state index contributed by atoms with van der Waals surface area (Å²) in [7, 11) is 0. The van der Waals surface area contributed by atoms with Crippen LogP contribution < -0.4 is 5.32 Å². The Labute approximate surface area is 97.1 Å². The number of aryl methyl sites for hydroxylation is 1. The van der Waals surface area contributed by atoms with E-state index in [1.54, 1.807) is 0 Å². The molecular weight excluding hydrogens is 198 g/mol. The lowest BCUT2D eigenvalue weighted by molar-refractivity contribution is 0.112. The third-order valence-corrected chi connectivity index (χ3v) is 3.46. The number of rotatable bonds is 3. The van der Waals surface area contributed by atoms with E-state index in [9.17, 15) is 4.79 Å². The van der Waals surface area contributed by atoms with Crippen molar-refractivity contribution >= 4 is 6.29 Å². The van der Waals surface area contributed by atoms with E-state index in [-0.39, 0.29) is 0 Å². The zero-order valence-electron chi connectivity index (χ0n) is 9.83. The maximum absolute atomic E-state index is 10.8. The number of carbonyl (C=O) groups is 1. The molecule has 0 amide bonds. The average Bonchev–Trinajstić information content (AvgIpc) is 2.39. The van der Waals surface area contributed by atoms with Crippen LogP contribution in [0, 0.1) is 0 Å². The summed E-state index contributed by atoms with van der Waals surface area (Å²) in [6, 6.07) is 6.15. The van der Waals surface area contributed by atoms with E-state index in [2.05, 4.69) is 18.3 Å². The fraction of sp³-hybridized carbons (Fsp3) is 0.500. The average molecular weight is 217 g/mol. The predicted molar refractivity (Wildman–Crippen MR) is 66.1 cm³/mol. The topological polar surface area (TPSA) is 29.1 Å². The van der Waals surface area contributed by atoms with Gasteiger partial charge in [0.2, 0.25) is 0 Å². The largest absolute Gasteiger partial charge is 0.317 e. The number of hydrogen-bond acceptors (Lipinski definition) is 2. The molecule has 0 atom stereocenters. The van der Waals surface area contributed by atoms with Gasteiger partial charge >= 0.3 is 0 Å². The second kappa shape index (κ2) is 5.26. The zero-order chi connectivity index (χ0) is 11.4. The summed E-state index contributed by atoms with van der Waals surface area (Å²) in [6.45, 7) is 4.39. The molecule has 0 bridgehead atoms. The van der Waals surface area contributed by atoms with Crippen LogP contribution in [0.25, 0.3) is 0 Å². The molecule has 1 N–H and O–H groups in total. The molecule has 86 valence electrons. The van der Waals surface area contributed by atoms with Crippen LogP contribution in [0.1, 0.15) is 47.2 Å². The summed E-state index contributed by atoms with van der Waals surface area (Å²) in [5.74, 6) is 0.678. The minimum absolute atomic E-state index is 0.678. The minimum Gasteiger partial charge on any atom is -0.317 e. The van der Waals surface area contributed by atoms with Crippen LogP contribution >= 0.6 is 0 Å². The van der Waals surface area contributed by atoms with Crippen molar-refractivity contribution in [2.45, 2.75) is 32.1 Å². The second-order valence-corrected chi connectivity index (χ2v) is 4.45. The van der Waals surface area contributed by atoms with Gasteiger partial charge in [0.1, 0.15) is 6.29 Å². The van der Waals surface area contributed by atoms with Crippen LogP contribution in [0.15, 0.2) is 18.2 Å². The molecule has 2 heteroatoms. The number of benzene rings is 1. The highest BCUT2D eigenvalue weighted by Crippen LogP contribution is 2.28. The van der Waals surface area contributed by atoms with Crippen LogP contribution in [0.3, 0.4) is 0 Å². The lowest BCUT2D eigenvalue weighted by Gasteiger charge is -2.25. The lowest BCUT2D eigenvalue weighted by Crippen LogP contribution is -2.27. The summed E-state index contributed by atoms with van der Waals surface area (Å²) in [5, 5.41) is 3.39. The standard InChI is InChI=1S/C14H19NO/c1-2-12-9-11(10-16)3-4-14(12)13-5-7-15-8-6-13/h3-4,9-10,13,15H,2,5-8H2,1H3. The molecular formula is C14H19NO. The third-order valence-electron chi connectivity index (χ3n) is 3.46. The van der Waals surface area contributed by atoms with Gasteiger partial charge in [0.15, 0.2) is 0 Å². The van der Waals surface area contributed by atoms with Crippen LogP contribution in [0.2, 0.25) is 0 Å². The third kappa shape index (κ3) is 2.33. The molecule has 0 unspecified atom stereocenters. The highest BCUT2D eigenvalue weighted by atomic mass is 16.1. The van der Waals surface area contributed by atoms with Crippen molar-refractivity contribution < 1.29 is 4.79 Å². The van der Waals surface area contributed by atoms with Crippen molar-refractivity contribution in [3.05, 3.63) is 34.9 Å². The van der Waals surface area contributed by atoms with E-state index in [0.717, 1.165) is 31.4 Å². The van der Waals surface area contributed by atoms with Gasteiger partial charge in [0.05, 0.1) is 0 Å². The molecule has 1 saturated heterocycles. The van der Waals surface area contributed by atoms with E-state index in [1.807, 2.05) is 12.1 Å². The van der Waals surface area contributed by atoms with Gasteiger partial charge in [-0.05, 0) is 55.5 Å². The van der Waals surface area contributed by atoms with Crippen molar-refractivity contribution in [2.75, 3.05) is 13.1 Å². The molecule has 1 fully saturated rings. The Morgan fingerprint density at radius 3 is 2.75 bits per heavy atom. The molecule has 16 heavy (non-hydrogen) atoms. The predicted octanol–water partition coefficient (Wildman–Crippen LogP) is 2.53. The molecule has 1 aliphatic rings. The molecule has 1 aromatic rings. The Kier molecular flexibility index (Phi) is 3.73. The first kappa shape index (κ1) is 11.3. The van der Waals surface area contributed by atoms with Crippen LogP contribution in [-0.2, 0) is 6.42 Å². The minimum atomic E-state index is 0.678. The fourth-order valence-electron chi connectivity index (χ4n) is 2.54. The summed E-state index contributed by atoms with van der Waals surface area (Å²) in [6.07, 6.45) is 4.38. The molecule has 1 aliphatic heterocycles. The van der Waals surface area contributed by atoms with Gasteiger partial charge in [-0.25, -0.2) is 0 Å². The summed E-state index contributed by atoms with van der Waals surface area (Å²) in [4.78, 5) is 10.8. The Morgan fingerprint density at radius 2 is 2.12 bits per heavy atom. The van der Waals surface area contributed by atoms with Crippen LogP contribution in [0.4, 0.5) is 0 Å². The number of piperidine rings is 1. The van der Waals surface area contributed by atoms with Gasteiger partial charge in [-0.15, -0.1) is 0 Å². The first-order chi connectivity index (χ1) is 7.85. The van der Waals surface area contributed by atoms with Gasteiger partial charge in [-0.3, -0.25) is 4.79 Å². The molecule has 0 aromatic heterocycles. The summed E-state index contributed by atoms with van der Waals surface area (Å²) >= 11 is 0. The maximum atomic E-state index is 10.8. The van der Waals surface area contributed by atoms with Gasteiger partial charge in [-0.1, -0.05) is 19.1 Å². The van der Waals surface area contributed by atoms with E-state index in [1.165, 1.54) is 24.0 Å². The molecule has 2 nitrogen and oxygen atoms in total. The smallest absolute Gasteiger partial charge is 0.150 e. The Hall–Kier alpha value is -1.15. The SMILES string of the molecule is CCc1cc(C=O)ccc1C1CCNCC1. The molecule has 2 rings (SSSR count). The Balaban J connectivity index is 2.27. The molecule has 1 heterocycles. The van der Waals surface area contributed by atoms with E-state index >= 15 is 0 Å². The first-order valence-electron chi connectivity index (χ1n) is 6.14. The number of hydrogen-bond donors (Lipinski definition) is 1. The van der Waals surface area contributed by atoms with Crippen molar-refractivity contribution in [3.63, 3.8) is 0 Å². The number of carbonyl (C=O) groups excluding carboxylic acids is 1. The molecule has 0 saturated carbocycles. The second-order valence-electron chi connectivity index (χ2n) is 4.45. The Bertz CT molecular complexity index is 367. The molecule has 0 spiro atoms. The van der Waals surface area contributed by atoms with Gasteiger partial charge < -0.3 is 5.32 Å². The van der Waals surface area contributed by atoms with Crippen LogP contribution in [0.5, 0.6) is 0 Å². The normalized spacial score (nSPS) is 17.3. The van der Waals surface area contributed by atoms with Crippen molar-refractivity contribution in [1.82, 2.24) is 5.32 Å². The quantitative estimate of drug-likeness (QED) is 0.788. The highest BCUT2D eigenvalue weighted by Gasteiger charge is 2.17. The number of nitrogens with one attached hydrogen (secondary N) is 1. The molecule has 0 radical (unpaired) electrons. The highest BCUT2D eigenvalue weighted by molar-refractivity contribution is 5.75. The van der Waals surface area contributed by atoms with Gasteiger partial charge in [-0.2, -0.15) is 0 Å². The van der Waals surface area contributed by atoms with Crippen LogP contribution in [-0.4, -0.2) is 19.4 Å². The summed E-state index contributed by atoms with van der Waals surface area (Å²) in [5.41, 5.74) is 3.60. The molecule has 0 aliphatic carbocycles. The number of aldehydes is 1. The van der Waals surface area contributed by atoms with E-state index < -0.39 is 0 Å². The van der Waals surface area contributed by atoms with Crippen molar-refractivity contribution in [3.8, 4) is 0 Å². The lowest BCUT2D eigenvalue weighted by atomic mass is 9.86.